The summed E-state index contributed by atoms with van der Waals surface area (Å²) in [5.41, 5.74) is 3.84. The first-order chi connectivity index (χ1) is 8.68. The van der Waals surface area contributed by atoms with Crippen LogP contribution in [0.5, 0.6) is 5.88 Å². The first-order valence-electron chi connectivity index (χ1n) is 5.67. The van der Waals surface area contributed by atoms with E-state index in [1.165, 1.54) is 13.8 Å². The molecule has 1 heterocycles. The van der Waals surface area contributed by atoms with Crippen molar-refractivity contribution in [1.82, 2.24) is 4.57 Å². The Morgan fingerprint density at radius 2 is 1.89 bits per heavy atom. The van der Waals surface area contributed by atoms with Gasteiger partial charge in [0, 0.05) is 6.54 Å². The lowest BCUT2D eigenvalue weighted by Crippen LogP contribution is -2.31. The summed E-state index contributed by atoms with van der Waals surface area (Å²) < 4.78 is 24.7. The first-order valence-corrected chi connectivity index (χ1v) is 7.33. The molecule has 1 aromatic heterocycles. The van der Waals surface area contributed by atoms with E-state index in [1.54, 1.807) is 6.92 Å². The number of nitrogens with zero attached hydrogens (tertiary/aromatic N) is 1. The summed E-state index contributed by atoms with van der Waals surface area (Å²) >= 11 is 0. The SMILES string of the molecule is CCn1c(O)c(C(N)=O)c(C)c(S(=O)(=O)CC)c1=O. The minimum Gasteiger partial charge on any atom is -0.494 e. The molecule has 8 heteroatoms. The zero-order chi connectivity index (χ0) is 15.0. The van der Waals surface area contributed by atoms with Crippen LogP contribution in [0, 0.1) is 6.92 Å². The maximum atomic E-state index is 12.1. The van der Waals surface area contributed by atoms with E-state index in [0.29, 0.717) is 0 Å². The molecule has 0 saturated carbocycles. The summed E-state index contributed by atoms with van der Waals surface area (Å²) in [6.45, 7) is 4.24. The van der Waals surface area contributed by atoms with Crippen LogP contribution >= 0.6 is 0 Å². The van der Waals surface area contributed by atoms with E-state index in [1.807, 2.05) is 0 Å². The molecule has 0 spiro atoms. The van der Waals surface area contributed by atoms with E-state index in [0.717, 1.165) is 4.57 Å². The maximum Gasteiger partial charge on any atom is 0.272 e. The number of primary amides is 1. The quantitative estimate of drug-likeness (QED) is 0.793. The number of sulfone groups is 1. The van der Waals surface area contributed by atoms with Crippen LogP contribution in [0.1, 0.15) is 29.8 Å². The van der Waals surface area contributed by atoms with Crippen molar-refractivity contribution in [2.24, 2.45) is 5.73 Å². The molecule has 0 atom stereocenters. The zero-order valence-corrected chi connectivity index (χ0v) is 11.7. The van der Waals surface area contributed by atoms with Crippen LogP contribution < -0.4 is 11.3 Å². The average molecular weight is 288 g/mol. The van der Waals surface area contributed by atoms with Crippen molar-refractivity contribution in [3.8, 4) is 5.88 Å². The molecule has 0 aliphatic carbocycles. The van der Waals surface area contributed by atoms with Crippen molar-refractivity contribution < 1.29 is 18.3 Å². The van der Waals surface area contributed by atoms with Crippen molar-refractivity contribution >= 4 is 15.7 Å². The van der Waals surface area contributed by atoms with E-state index in [9.17, 15) is 23.1 Å². The number of amides is 1. The van der Waals surface area contributed by atoms with Gasteiger partial charge in [-0.1, -0.05) is 6.92 Å². The third-order valence-corrected chi connectivity index (χ3v) is 4.75. The van der Waals surface area contributed by atoms with Crippen LogP contribution in [0.2, 0.25) is 0 Å². The molecule has 19 heavy (non-hydrogen) atoms. The topological polar surface area (TPSA) is 119 Å². The fourth-order valence-corrected chi connectivity index (χ4v) is 3.13. The Morgan fingerprint density at radius 3 is 2.26 bits per heavy atom. The van der Waals surface area contributed by atoms with Gasteiger partial charge in [0.25, 0.3) is 11.5 Å². The van der Waals surface area contributed by atoms with Gasteiger partial charge in [0.2, 0.25) is 5.88 Å². The lowest BCUT2D eigenvalue weighted by Gasteiger charge is -2.15. The summed E-state index contributed by atoms with van der Waals surface area (Å²) in [5.74, 6) is -1.87. The largest absolute Gasteiger partial charge is 0.494 e. The van der Waals surface area contributed by atoms with Crippen molar-refractivity contribution in [3.63, 3.8) is 0 Å². The Morgan fingerprint density at radius 1 is 1.37 bits per heavy atom. The van der Waals surface area contributed by atoms with E-state index in [2.05, 4.69) is 0 Å². The van der Waals surface area contributed by atoms with E-state index < -0.39 is 32.1 Å². The van der Waals surface area contributed by atoms with E-state index in [-0.39, 0.29) is 23.4 Å². The van der Waals surface area contributed by atoms with Gasteiger partial charge in [0.1, 0.15) is 10.5 Å². The highest BCUT2D eigenvalue weighted by Crippen LogP contribution is 2.24. The number of aromatic hydroxyl groups is 1. The minimum absolute atomic E-state index is 0.0253. The lowest BCUT2D eigenvalue weighted by atomic mass is 10.1. The van der Waals surface area contributed by atoms with Gasteiger partial charge in [-0.15, -0.1) is 0 Å². The molecule has 1 aromatic rings. The number of carbonyl (C=O) groups is 1. The van der Waals surface area contributed by atoms with Crippen molar-refractivity contribution in [1.29, 1.82) is 0 Å². The van der Waals surface area contributed by atoms with Crippen LogP contribution in [0.4, 0.5) is 0 Å². The fraction of sp³-hybridized carbons (Fsp3) is 0.455. The predicted molar refractivity (Wildman–Crippen MR) is 69.0 cm³/mol. The molecular formula is C11H16N2O5S. The number of aromatic nitrogens is 1. The molecule has 106 valence electrons. The molecule has 1 rings (SSSR count). The van der Waals surface area contributed by atoms with Gasteiger partial charge in [-0.05, 0) is 19.4 Å². The molecule has 3 N–H and O–H groups in total. The van der Waals surface area contributed by atoms with Gasteiger partial charge in [0.15, 0.2) is 9.84 Å². The normalized spacial score (nSPS) is 11.5. The first kappa shape index (κ1) is 15.2. The Hall–Kier alpha value is -1.83. The number of rotatable bonds is 4. The molecule has 0 saturated heterocycles. The number of hydrogen-bond donors (Lipinski definition) is 2. The monoisotopic (exact) mass is 288 g/mol. The van der Waals surface area contributed by atoms with Crippen molar-refractivity contribution in [2.45, 2.75) is 32.2 Å². The molecular weight excluding hydrogens is 272 g/mol. The Labute approximate surface area is 110 Å². The summed E-state index contributed by atoms with van der Waals surface area (Å²) in [6.07, 6.45) is 0. The number of carbonyl (C=O) groups excluding carboxylic acids is 1. The number of hydrogen-bond acceptors (Lipinski definition) is 5. The summed E-state index contributed by atoms with van der Waals surface area (Å²) in [6, 6.07) is 0. The van der Waals surface area contributed by atoms with Gasteiger partial charge in [-0.3, -0.25) is 14.2 Å². The second kappa shape index (κ2) is 5.04. The lowest BCUT2D eigenvalue weighted by molar-refractivity contribution is 0.0995. The Bertz CT molecular complexity index is 688. The van der Waals surface area contributed by atoms with Crippen LogP contribution in [0.15, 0.2) is 9.69 Å². The highest BCUT2D eigenvalue weighted by molar-refractivity contribution is 7.91. The molecule has 1 amide bonds. The molecule has 0 fully saturated rings. The molecule has 0 aromatic carbocycles. The molecule has 0 radical (unpaired) electrons. The summed E-state index contributed by atoms with van der Waals surface area (Å²) in [4.78, 5) is 23.0. The highest BCUT2D eigenvalue weighted by Gasteiger charge is 2.28. The van der Waals surface area contributed by atoms with E-state index >= 15 is 0 Å². The molecule has 7 nitrogen and oxygen atoms in total. The van der Waals surface area contributed by atoms with Gasteiger partial charge in [0.05, 0.1) is 5.75 Å². The Kier molecular flexibility index (Phi) is 4.04. The van der Waals surface area contributed by atoms with E-state index in [4.69, 9.17) is 5.73 Å². The number of pyridine rings is 1. The van der Waals surface area contributed by atoms with Crippen molar-refractivity contribution in [2.75, 3.05) is 5.75 Å². The summed E-state index contributed by atoms with van der Waals surface area (Å²) in [5, 5.41) is 9.85. The standard InChI is InChI=1S/C11H16N2O5S/c1-4-13-10(15)7(9(12)14)6(3)8(11(13)16)19(17,18)5-2/h15H,4-5H2,1-3H3,(H2,12,14). The highest BCUT2D eigenvalue weighted by atomic mass is 32.2. The molecule has 0 aliphatic rings. The van der Waals surface area contributed by atoms with Gasteiger partial charge in [-0.25, -0.2) is 8.42 Å². The molecule has 0 unspecified atom stereocenters. The average Bonchev–Trinajstić information content (AvgIpc) is 2.28. The van der Waals surface area contributed by atoms with Crippen molar-refractivity contribution in [3.05, 3.63) is 21.5 Å². The third kappa shape index (κ3) is 2.35. The smallest absolute Gasteiger partial charge is 0.272 e. The second-order valence-corrected chi connectivity index (χ2v) is 6.18. The third-order valence-electron chi connectivity index (χ3n) is 2.89. The molecule has 0 bridgehead atoms. The van der Waals surface area contributed by atoms with Crippen LogP contribution in [-0.2, 0) is 16.4 Å². The molecule has 0 aliphatic heterocycles. The maximum absolute atomic E-state index is 12.1. The van der Waals surface area contributed by atoms with Crippen LogP contribution in [-0.4, -0.2) is 29.8 Å². The van der Waals surface area contributed by atoms with Crippen LogP contribution in [0.3, 0.4) is 0 Å². The van der Waals surface area contributed by atoms with Gasteiger partial charge in [-0.2, -0.15) is 0 Å². The minimum atomic E-state index is -3.82. The zero-order valence-electron chi connectivity index (χ0n) is 10.9. The predicted octanol–water partition coefficient (Wildman–Crippen LogP) is -0.225. The van der Waals surface area contributed by atoms with Crippen LogP contribution in [0.25, 0.3) is 0 Å². The van der Waals surface area contributed by atoms with Gasteiger partial charge >= 0.3 is 0 Å². The second-order valence-electron chi connectivity index (χ2n) is 3.97. The fourth-order valence-electron chi connectivity index (χ4n) is 1.89. The Balaban J connectivity index is 4.01. The number of nitrogens with two attached hydrogens (primary N) is 1. The summed E-state index contributed by atoms with van der Waals surface area (Å²) in [7, 11) is -3.82. The van der Waals surface area contributed by atoms with Gasteiger partial charge < -0.3 is 10.8 Å².